The van der Waals surface area contributed by atoms with Gasteiger partial charge in [-0.15, -0.1) is 6.42 Å². The Morgan fingerprint density at radius 1 is 2.00 bits per heavy atom. The fourth-order valence-electron chi connectivity index (χ4n) is 0.650. The SMILES string of the molecule is C#CC1=CCS(=O)N1C. The van der Waals surface area contributed by atoms with Crippen LogP contribution in [0.1, 0.15) is 0 Å². The zero-order chi connectivity index (χ0) is 6.85. The second-order valence-corrected chi connectivity index (χ2v) is 3.24. The number of hydrogen-bond donors (Lipinski definition) is 0. The van der Waals surface area contributed by atoms with Crippen molar-refractivity contribution in [2.24, 2.45) is 0 Å². The van der Waals surface area contributed by atoms with E-state index in [0.717, 1.165) is 5.70 Å². The van der Waals surface area contributed by atoms with Crippen molar-refractivity contribution >= 4 is 11.0 Å². The van der Waals surface area contributed by atoms with E-state index in [1.54, 1.807) is 17.4 Å². The van der Waals surface area contributed by atoms with Crippen LogP contribution in [0, 0.1) is 12.3 Å². The van der Waals surface area contributed by atoms with E-state index in [2.05, 4.69) is 5.92 Å². The molecule has 1 rings (SSSR count). The largest absolute Gasteiger partial charge is 0.287 e. The normalized spacial score (nSPS) is 25.6. The van der Waals surface area contributed by atoms with E-state index in [0.29, 0.717) is 5.75 Å². The Morgan fingerprint density at radius 2 is 2.67 bits per heavy atom. The smallest absolute Gasteiger partial charge is 0.124 e. The van der Waals surface area contributed by atoms with Crippen LogP contribution in [-0.4, -0.2) is 21.3 Å². The van der Waals surface area contributed by atoms with Crippen LogP contribution >= 0.6 is 0 Å². The predicted molar refractivity (Wildman–Crippen MR) is 37.7 cm³/mol. The average Bonchev–Trinajstić information content (AvgIpc) is 2.15. The molecule has 0 aromatic heterocycles. The van der Waals surface area contributed by atoms with Crippen LogP contribution in [0.25, 0.3) is 0 Å². The van der Waals surface area contributed by atoms with Gasteiger partial charge in [-0.2, -0.15) is 0 Å². The summed E-state index contributed by atoms with van der Waals surface area (Å²) in [5.41, 5.74) is 0.730. The predicted octanol–water partition coefficient (Wildman–Crippen LogP) is 0.113. The van der Waals surface area contributed by atoms with Gasteiger partial charge in [-0.05, 0) is 6.08 Å². The highest BCUT2D eigenvalue weighted by molar-refractivity contribution is 7.83. The molecule has 0 radical (unpaired) electrons. The van der Waals surface area contributed by atoms with Crippen LogP contribution < -0.4 is 0 Å². The van der Waals surface area contributed by atoms with Crippen molar-refractivity contribution in [2.45, 2.75) is 0 Å². The van der Waals surface area contributed by atoms with Crippen molar-refractivity contribution in [3.8, 4) is 12.3 Å². The van der Waals surface area contributed by atoms with Gasteiger partial charge >= 0.3 is 0 Å². The van der Waals surface area contributed by atoms with Crippen LogP contribution in [0.15, 0.2) is 11.8 Å². The molecule has 1 unspecified atom stereocenters. The van der Waals surface area contributed by atoms with Gasteiger partial charge in [0.15, 0.2) is 0 Å². The molecule has 0 N–H and O–H groups in total. The number of hydrogen-bond acceptors (Lipinski definition) is 1. The zero-order valence-electron chi connectivity index (χ0n) is 5.13. The maximum absolute atomic E-state index is 10.8. The Balaban J connectivity index is 2.81. The lowest BCUT2D eigenvalue weighted by Crippen LogP contribution is -2.14. The first-order valence-electron chi connectivity index (χ1n) is 2.54. The van der Waals surface area contributed by atoms with E-state index in [4.69, 9.17) is 6.42 Å². The molecule has 0 aromatic rings. The van der Waals surface area contributed by atoms with E-state index in [1.807, 2.05) is 0 Å². The molecule has 0 saturated heterocycles. The molecule has 1 heterocycles. The fraction of sp³-hybridized carbons (Fsp3) is 0.333. The van der Waals surface area contributed by atoms with Crippen LogP contribution in [0.2, 0.25) is 0 Å². The van der Waals surface area contributed by atoms with Crippen molar-refractivity contribution in [1.82, 2.24) is 4.31 Å². The van der Waals surface area contributed by atoms with E-state index in [-0.39, 0.29) is 0 Å². The summed E-state index contributed by atoms with van der Waals surface area (Å²) in [6.45, 7) is 0. The highest BCUT2D eigenvalue weighted by atomic mass is 32.2. The van der Waals surface area contributed by atoms with Gasteiger partial charge in [0.2, 0.25) is 0 Å². The van der Waals surface area contributed by atoms with E-state index in [1.165, 1.54) is 0 Å². The van der Waals surface area contributed by atoms with Crippen LogP contribution in [0.3, 0.4) is 0 Å². The van der Waals surface area contributed by atoms with Gasteiger partial charge in [-0.25, -0.2) is 4.21 Å². The molecule has 1 aliphatic heterocycles. The molecule has 1 atom stereocenters. The molecular formula is C6H7NOS. The Hall–Kier alpha value is -0.750. The third-order valence-corrected chi connectivity index (χ3v) is 2.47. The van der Waals surface area contributed by atoms with Crippen molar-refractivity contribution in [3.05, 3.63) is 11.8 Å². The average molecular weight is 141 g/mol. The second-order valence-electron chi connectivity index (χ2n) is 1.72. The lowest BCUT2D eigenvalue weighted by atomic mass is 10.4. The molecule has 2 nitrogen and oxygen atoms in total. The summed E-state index contributed by atoms with van der Waals surface area (Å²) < 4.78 is 12.4. The summed E-state index contributed by atoms with van der Waals surface area (Å²) in [5, 5.41) is 0. The van der Waals surface area contributed by atoms with Gasteiger partial charge in [0.25, 0.3) is 0 Å². The summed E-state index contributed by atoms with van der Waals surface area (Å²) in [5.74, 6) is 3.00. The molecule has 0 fully saturated rings. The summed E-state index contributed by atoms with van der Waals surface area (Å²) in [6.07, 6.45) is 6.89. The molecular weight excluding hydrogens is 134 g/mol. The van der Waals surface area contributed by atoms with Gasteiger partial charge in [-0.3, -0.25) is 4.31 Å². The monoisotopic (exact) mass is 141 g/mol. The van der Waals surface area contributed by atoms with Crippen molar-refractivity contribution in [1.29, 1.82) is 0 Å². The number of rotatable bonds is 0. The third-order valence-electron chi connectivity index (χ3n) is 1.21. The minimum Gasteiger partial charge on any atom is -0.287 e. The topological polar surface area (TPSA) is 20.3 Å². The molecule has 1 aliphatic rings. The van der Waals surface area contributed by atoms with Gasteiger partial charge in [0.05, 0.1) is 11.4 Å². The minimum absolute atomic E-state index is 0.566. The molecule has 0 amide bonds. The van der Waals surface area contributed by atoms with Crippen LogP contribution in [0.5, 0.6) is 0 Å². The van der Waals surface area contributed by atoms with E-state index >= 15 is 0 Å². The van der Waals surface area contributed by atoms with Crippen LogP contribution in [0.4, 0.5) is 0 Å². The van der Waals surface area contributed by atoms with Crippen molar-refractivity contribution in [2.75, 3.05) is 12.8 Å². The highest BCUT2D eigenvalue weighted by Gasteiger charge is 2.14. The van der Waals surface area contributed by atoms with Crippen LogP contribution in [-0.2, 0) is 11.0 Å². The molecule has 0 bridgehead atoms. The standard InChI is InChI=1S/C6H7NOS/c1-3-6-4-5-9(8)7(6)2/h1,4H,5H2,2H3. The van der Waals surface area contributed by atoms with Gasteiger partial charge in [-0.1, -0.05) is 5.92 Å². The second kappa shape index (κ2) is 2.24. The molecule has 9 heavy (non-hydrogen) atoms. The van der Waals surface area contributed by atoms with Crippen molar-refractivity contribution < 1.29 is 4.21 Å². The van der Waals surface area contributed by atoms with E-state index < -0.39 is 11.0 Å². The first kappa shape index (κ1) is 6.37. The Labute approximate surface area is 57.1 Å². The molecule has 0 spiro atoms. The minimum atomic E-state index is -0.899. The highest BCUT2D eigenvalue weighted by Crippen LogP contribution is 2.11. The quantitative estimate of drug-likeness (QED) is 0.438. The molecule has 0 aliphatic carbocycles. The summed E-state index contributed by atoms with van der Waals surface area (Å²) in [4.78, 5) is 0. The Morgan fingerprint density at radius 3 is 2.89 bits per heavy atom. The molecule has 0 aromatic carbocycles. The first-order valence-corrected chi connectivity index (χ1v) is 3.82. The lowest BCUT2D eigenvalue weighted by molar-refractivity contribution is 0.629. The Kier molecular flexibility index (Phi) is 1.58. The number of nitrogens with zero attached hydrogens (tertiary/aromatic N) is 1. The lowest BCUT2D eigenvalue weighted by Gasteiger charge is -2.07. The van der Waals surface area contributed by atoms with E-state index in [9.17, 15) is 4.21 Å². The maximum atomic E-state index is 10.8. The van der Waals surface area contributed by atoms with Gasteiger partial charge < -0.3 is 0 Å². The zero-order valence-corrected chi connectivity index (χ0v) is 5.94. The third kappa shape index (κ3) is 0.984. The Bertz CT molecular complexity index is 214. The fourth-order valence-corrected chi connectivity index (χ4v) is 1.52. The van der Waals surface area contributed by atoms with Gasteiger partial charge in [0.1, 0.15) is 11.0 Å². The van der Waals surface area contributed by atoms with Crippen molar-refractivity contribution in [3.63, 3.8) is 0 Å². The summed E-state index contributed by atoms with van der Waals surface area (Å²) in [6, 6.07) is 0. The summed E-state index contributed by atoms with van der Waals surface area (Å²) >= 11 is 0. The van der Waals surface area contributed by atoms with Gasteiger partial charge in [0, 0.05) is 7.05 Å². The number of allylic oxidation sites excluding steroid dienone is 1. The molecule has 48 valence electrons. The molecule has 3 heteroatoms. The number of terminal acetylenes is 1. The first-order chi connectivity index (χ1) is 4.25. The maximum Gasteiger partial charge on any atom is 0.124 e. The summed E-state index contributed by atoms with van der Waals surface area (Å²) in [7, 11) is 0.832. The molecule has 0 saturated carbocycles.